The Morgan fingerprint density at radius 2 is 1.18 bits per heavy atom. The number of benzene rings is 4. The van der Waals surface area contributed by atoms with E-state index in [1.54, 1.807) is 50.2 Å². The molecule has 57 heavy (non-hydrogen) atoms. The molecule has 0 aliphatic carbocycles. The normalized spacial score (nSPS) is 11.5. The fraction of sp³-hybridized carbons (Fsp3) is 0.231. The van der Waals surface area contributed by atoms with E-state index < -0.39 is 10.0 Å². The van der Waals surface area contributed by atoms with Crippen molar-refractivity contribution in [3.05, 3.63) is 114 Å². The molecule has 16 nitrogen and oxygen atoms in total. The van der Waals surface area contributed by atoms with Crippen LogP contribution in [0.3, 0.4) is 0 Å². The number of aryl methyl sites for hydroxylation is 3. The zero-order valence-electron chi connectivity index (χ0n) is 31.8. The maximum Gasteiger partial charge on any atom is 0.243 e. The number of sulfonamides is 1. The number of para-hydroxylation sites is 2. The van der Waals surface area contributed by atoms with E-state index in [0.717, 1.165) is 17.7 Å². The van der Waals surface area contributed by atoms with Gasteiger partial charge in [0.1, 0.15) is 22.9 Å². The van der Waals surface area contributed by atoms with Crippen LogP contribution in [0.2, 0.25) is 0 Å². The average molecular weight is 841 g/mol. The third-order valence-electron chi connectivity index (χ3n) is 8.08. The first-order valence-electron chi connectivity index (χ1n) is 17.6. The molecule has 6 rings (SSSR count). The molecular weight excluding hydrogens is 797 g/mol. The molecule has 0 fully saturated rings. The molecule has 0 amide bonds. The molecule has 2 heterocycles. The van der Waals surface area contributed by atoms with Crippen molar-refractivity contribution in [1.29, 1.82) is 0 Å². The molecule has 5 N–H and O–H groups in total. The van der Waals surface area contributed by atoms with Gasteiger partial charge in [-0.1, -0.05) is 49.4 Å². The molecular formula is C39H43CoN9O7S. The van der Waals surface area contributed by atoms with Gasteiger partial charge in [-0.05, 0) is 94.3 Å². The van der Waals surface area contributed by atoms with Crippen LogP contribution in [-0.2, 0) is 38.0 Å². The summed E-state index contributed by atoms with van der Waals surface area (Å²) >= 11 is 0. The van der Waals surface area contributed by atoms with Crippen LogP contribution in [0.4, 0.5) is 22.7 Å². The number of nitrogens with one attached hydrogen (secondary N) is 1. The first kappa shape index (κ1) is 43.8. The molecule has 4 aromatic carbocycles. The van der Waals surface area contributed by atoms with Gasteiger partial charge in [-0.15, -0.1) is 20.5 Å². The fourth-order valence-corrected chi connectivity index (χ4v) is 6.16. The number of hydrogen-bond acceptors (Lipinski definition) is 13. The van der Waals surface area contributed by atoms with Crippen LogP contribution in [0.5, 0.6) is 23.3 Å². The SMILES string of the molecule is CCc1ccc(O)c(N=Nc2c(C)nn(-c3ccccc3)c2O)c1.Cc1nn(-c2ccccc2)c(O)c1N=Nc1cc(S(=O)(=O)NCCOC(C)C)ccc1O.[Co]. The molecule has 0 atom stereocenters. The number of ether oxygens (including phenoxy) is 1. The van der Waals surface area contributed by atoms with Crippen molar-refractivity contribution in [3.63, 3.8) is 0 Å². The van der Waals surface area contributed by atoms with Gasteiger partial charge in [0, 0.05) is 23.3 Å². The molecule has 0 saturated carbocycles. The number of hydrogen-bond donors (Lipinski definition) is 5. The van der Waals surface area contributed by atoms with E-state index in [4.69, 9.17) is 4.74 Å². The zero-order chi connectivity index (χ0) is 40.4. The minimum absolute atomic E-state index is 0. The Morgan fingerprint density at radius 1 is 0.702 bits per heavy atom. The zero-order valence-corrected chi connectivity index (χ0v) is 33.6. The minimum atomic E-state index is -3.84. The number of phenols is 2. The van der Waals surface area contributed by atoms with Crippen LogP contribution in [0.1, 0.15) is 37.7 Å². The molecule has 0 saturated heterocycles. The largest absolute Gasteiger partial charge is 0.506 e. The summed E-state index contributed by atoms with van der Waals surface area (Å²) in [4.78, 5) is -0.0882. The maximum atomic E-state index is 12.5. The van der Waals surface area contributed by atoms with Crippen LogP contribution < -0.4 is 4.72 Å². The third kappa shape index (κ3) is 11.1. The van der Waals surface area contributed by atoms with Gasteiger partial charge in [0.15, 0.2) is 11.4 Å². The van der Waals surface area contributed by atoms with Crippen molar-refractivity contribution in [2.24, 2.45) is 20.5 Å². The van der Waals surface area contributed by atoms with Gasteiger partial charge in [-0.25, -0.2) is 13.1 Å². The monoisotopic (exact) mass is 840 g/mol. The molecule has 301 valence electrons. The molecule has 1 radical (unpaired) electrons. The second-order valence-corrected chi connectivity index (χ2v) is 14.3. The number of rotatable bonds is 13. The average Bonchev–Trinajstić information content (AvgIpc) is 3.64. The molecule has 0 bridgehead atoms. The Balaban J connectivity index is 0.000000258. The molecule has 0 aliphatic rings. The topological polar surface area (TPSA) is 221 Å². The summed E-state index contributed by atoms with van der Waals surface area (Å²) in [5, 5.41) is 65.6. The molecule has 0 aliphatic heterocycles. The number of aromatic nitrogens is 4. The number of nitrogens with zero attached hydrogens (tertiary/aromatic N) is 8. The van der Waals surface area contributed by atoms with Gasteiger partial charge in [-0.2, -0.15) is 19.6 Å². The van der Waals surface area contributed by atoms with Crippen molar-refractivity contribution in [2.45, 2.75) is 52.0 Å². The van der Waals surface area contributed by atoms with Crippen molar-refractivity contribution >= 4 is 32.8 Å². The van der Waals surface area contributed by atoms with Crippen molar-refractivity contribution in [2.75, 3.05) is 13.2 Å². The summed E-state index contributed by atoms with van der Waals surface area (Å²) in [6.07, 6.45) is 0.824. The van der Waals surface area contributed by atoms with Crippen LogP contribution in [0, 0.1) is 13.8 Å². The summed E-state index contributed by atoms with van der Waals surface area (Å²) in [6.45, 7) is 9.46. The number of azo groups is 2. The van der Waals surface area contributed by atoms with E-state index in [1.165, 1.54) is 27.6 Å². The molecule has 18 heteroatoms. The van der Waals surface area contributed by atoms with Crippen molar-refractivity contribution < 1.29 is 50.4 Å². The predicted octanol–water partition coefficient (Wildman–Crippen LogP) is 8.28. The summed E-state index contributed by atoms with van der Waals surface area (Å²) in [7, 11) is -3.84. The smallest absolute Gasteiger partial charge is 0.243 e. The first-order valence-corrected chi connectivity index (χ1v) is 19.0. The van der Waals surface area contributed by atoms with E-state index in [1.807, 2.05) is 63.2 Å². The Hall–Kier alpha value is -5.92. The minimum Gasteiger partial charge on any atom is -0.506 e. The molecule has 6 aromatic rings. The van der Waals surface area contributed by atoms with E-state index in [-0.39, 0.29) is 81.3 Å². The van der Waals surface area contributed by atoms with E-state index in [9.17, 15) is 28.8 Å². The maximum absolute atomic E-state index is 12.5. The standard InChI is InChI=1S/C21H25N5O5S.C18H18N4O2.Co/c1-14(2)31-12-11-22-32(29,30)17-9-10-19(27)18(13-17)23-24-20-15(3)25-26(21(20)28)16-7-5-4-6-8-16;1-3-13-9-10-16(23)15(11-13)19-20-17-12(2)21-22(18(17)24)14-7-5-4-6-8-14;/h4-10,13-14,22,27-28H,11-12H2,1-3H3;4-11,23-24H,3H2,1-2H3;. The fourth-order valence-electron chi connectivity index (χ4n) is 5.13. The second-order valence-electron chi connectivity index (χ2n) is 12.6. The van der Waals surface area contributed by atoms with E-state index >= 15 is 0 Å². The van der Waals surface area contributed by atoms with Crippen LogP contribution in [-0.4, -0.2) is 67.7 Å². The summed E-state index contributed by atoms with van der Waals surface area (Å²) < 4.78 is 35.5. The van der Waals surface area contributed by atoms with Gasteiger partial charge in [-0.3, -0.25) is 0 Å². The van der Waals surface area contributed by atoms with Crippen LogP contribution in [0.15, 0.2) is 122 Å². The van der Waals surface area contributed by atoms with Crippen LogP contribution >= 0.6 is 0 Å². The van der Waals surface area contributed by atoms with Crippen LogP contribution in [0.25, 0.3) is 11.4 Å². The van der Waals surface area contributed by atoms with Gasteiger partial charge in [0.25, 0.3) is 0 Å². The number of phenolic OH excluding ortho intramolecular Hbond substituents is 2. The summed E-state index contributed by atoms with van der Waals surface area (Å²) in [5.74, 6) is -0.534. The predicted molar refractivity (Wildman–Crippen MR) is 210 cm³/mol. The van der Waals surface area contributed by atoms with E-state index in [2.05, 4.69) is 35.4 Å². The Bertz CT molecular complexity index is 2440. The Labute approximate surface area is 340 Å². The quantitative estimate of drug-likeness (QED) is 0.0557. The van der Waals surface area contributed by atoms with Crippen molar-refractivity contribution in [1.82, 2.24) is 24.3 Å². The van der Waals surface area contributed by atoms with Gasteiger partial charge >= 0.3 is 0 Å². The molecule has 2 aromatic heterocycles. The third-order valence-corrected chi connectivity index (χ3v) is 9.54. The number of aromatic hydroxyl groups is 4. The summed E-state index contributed by atoms with van der Waals surface area (Å²) in [5.41, 5.74) is 4.04. The Morgan fingerprint density at radius 3 is 1.65 bits per heavy atom. The van der Waals surface area contributed by atoms with Gasteiger partial charge < -0.3 is 25.2 Å². The molecule has 0 unspecified atom stereocenters. The van der Waals surface area contributed by atoms with Gasteiger partial charge in [0.2, 0.25) is 21.8 Å². The Kier molecular flexibility index (Phi) is 15.2. The molecule has 0 spiro atoms. The van der Waals surface area contributed by atoms with E-state index in [0.29, 0.717) is 22.8 Å². The van der Waals surface area contributed by atoms with Crippen molar-refractivity contribution in [3.8, 4) is 34.6 Å². The summed E-state index contributed by atoms with van der Waals surface area (Å²) in [6, 6.07) is 27.1. The second kappa shape index (κ2) is 19.8. The van der Waals surface area contributed by atoms with Gasteiger partial charge in [0.05, 0.1) is 40.4 Å². The first-order chi connectivity index (χ1) is 26.8.